The maximum Gasteiger partial charge on any atom is 0.410 e. The van der Waals surface area contributed by atoms with Crippen LogP contribution in [0.2, 0.25) is 0 Å². The highest BCUT2D eigenvalue weighted by atomic mass is 16.6. The summed E-state index contributed by atoms with van der Waals surface area (Å²) >= 11 is 0. The average molecular weight is 286 g/mol. The number of likely N-dealkylation sites (tertiary alicyclic amines) is 1. The van der Waals surface area contributed by atoms with Gasteiger partial charge in [0.2, 0.25) is 5.91 Å². The van der Waals surface area contributed by atoms with Gasteiger partial charge in [-0.25, -0.2) is 4.79 Å². The average Bonchev–Trinajstić information content (AvgIpc) is 2.76. The van der Waals surface area contributed by atoms with Gasteiger partial charge in [0.1, 0.15) is 5.60 Å². The number of rotatable bonds is 4. The molecule has 6 heteroatoms. The molecular formula is C14H26N2O4. The lowest BCUT2D eigenvalue weighted by Crippen LogP contribution is -2.50. The van der Waals surface area contributed by atoms with Crippen LogP contribution in [0.4, 0.5) is 4.79 Å². The molecule has 1 rings (SSSR count). The number of carbonyl (C=O) groups is 2. The van der Waals surface area contributed by atoms with Crippen molar-refractivity contribution in [3.63, 3.8) is 0 Å². The molecule has 0 aliphatic carbocycles. The first-order valence-corrected chi connectivity index (χ1v) is 6.99. The smallest absolute Gasteiger partial charge is 0.410 e. The minimum absolute atomic E-state index is 0.169. The zero-order valence-electron chi connectivity index (χ0n) is 13.0. The zero-order chi connectivity index (χ0) is 15.5. The van der Waals surface area contributed by atoms with Crippen LogP contribution in [0.25, 0.3) is 0 Å². The molecule has 0 aromatic rings. The van der Waals surface area contributed by atoms with Gasteiger partial charge in [0.05, 0.1) is 18.1 Å². The number of nitrogens with two attached hydrogens (primary N) is 1. The highest BCUT2D eigenvalue weighted by Crippen LogP contribution is 2.27. The summed E-state index contributed by atoms with van der Waals surface area (Å²) in [4.78, 5) is 25.2. The van der Waals surface area contributed by atoms with Crippen molar-refractivity contribution >= 4 is 12.0 Å². The molecule has 0 aromatic heterocycles. The fraction of sp³-hybridized carbons (Fsp3) is 0.857. The van der Waals surface area contributed by atoms with Crippen LogP contribution in [0.15, 0.2) is 0 Å². The number of hydrogen-bond donors (Lipinski definition) is 1. The van der Waals surface area contributed by atoms with E-state index in [1.807, 2.05) is 20.8 Å². The van der Waals surface area contributed by atoms with E-state index in [0.29, 0.717) is 6.54 Å². The van der Waals surface area contributed by atoms with Gasteiger partial charge in [-0.05, 0) is 33.6 Å². The molecule has 1 heterocycles. The van der Waals surface area contributed by atoms with E-state index in [1.54, 1.807) is 11.8 Å². The van der Waals surface area contributed by atoms with Crippen molar-refractivity contribution in [3.8, 4) is 0 Å². The summed E-state index contributed by atoms with van der Waals surface area (Å²) in [6.07, 6.45) is 0.895. The van der Waals surface area contributed by atoms with Gasteiger partial charge in [-0.2, -0.15) is 0 Å². The summed E-state index contributed by atoms with van der Waals surface area (Å²) in [5.41, 5.74) is 4.81. The van der Waals surface area contributed by atoms with Gasteiger partial charge in [-0.3, -0.25) is 4.79 Å². The Bertz CT molecular complexity index is 365. The normalized spacial score (nSPS) is 22.4. The Morgan fingerprint density at radius 3 is 2.40 bits per heavy atom. The van der Waals surface area contributed by atoms with Gasteiger partial charge >= 0.3 is 6.09 Å². The molecule has 116 valence electrons. The third-order valence-corrected chi connectivity index (χ3v) is 3.52. The number of primary amides is 1. The van der Waals surface area contributed by atoms with Crippen molar-refractivity contribution < 1.29 is 19.1 Å². The molecule has 3 atom stereocenters. The molecule has 0 spiro atoms. The highest BCUT2D eigenvalue weighted by Gasteiger charge is 2.40. The molecule has 1 saturated heterocycles. The molecule has 0 saturated carbocycles. The Balaban J connectivity index is 2.82. The number of carbonyl (C=O) groups excluding carboxylic acids is 2. The summed E-state index contributed by atoms with van der Waals surface area (Å²) in [6.45, 7) is 7.83. The standard InChI is InChI=1S/C14H26N2O4/c1-9(12(15)17)11(19-5)10-7-6-8-16(10)13(18)20-14(2,3)4/h9-11H,6-8H2,1-5H3,(H2,15,17)/t9-,10+,11-/m1/s1. The lowest BCUT2D eigenvalue weighted by molar-refractivity contribution is -0.127. The van der Waals surface area contributed by atoms with E-state index in [4.69, 9.17) is 15.2 Å². The summed E-state index contributed by atoms with van der Waals surface area (Å²) in [7, 11) is 1.54. The third kappa shape index (κ3) is 4.10. The van der Waals surface area contributed by atoms with Gasteiger partial charge in [-0.15, -0.1) is 0 Å². The molecule has 0 unspecified atom stereocenters. The molecule has 6 nitrogen and oxygen atoms in total. The summed E-state index contributed by atoms with van der Waals surface area (Å²) in [5.74, 6) is -0.874. The topological polar surface area (TPSA) is 81.9 Å². The minimum atomic E-state index is -0.540. The highest BCUT2D eigenvalue weighted by molar-refractivity contribution is 5.77. The van der Waals surface area contributed by atoms with E-state index in [2.05, 4.69) is 0 Å². The Kier molecular flexibility index (Phi) is 5.39. The Morgan fingerprint density at radius 1 is 1.35 bits per heavy atom. The number of nitrogens with zero attached hydrogens (tertiary/aromatic N) is 1. The molecule has 20 heavy (non-hydrogen) atoms. The third-order valence-electron chi connectivity index (χ3n) is 3.52. The van der Waals surface area contributed by atoms with Crippen LogP contribution in [0, 0.1) is 5.92 Å². The fourth-order valence-corrected chi connectivity index (χ4v) is 2.54. The van der Waals surface area contributed by atoms with E-state index in [-0.39, 0.29) is 12.1 Å². The van der Waals surface area contributed by atoms with Crippen molar-refractivity contribution in [3.05, 3.63) is 0 Å². The number of hydrogen-bond acceptors (Lipinski definition) is 4. The lowest BCUT2D eigenvalue weighted by atomic mass is 9.95. The molecule has 0 aromatic carbocycles. The van der Waals surface area contributed by atoms with E-state index in [1.165, 1.54) is 7.11 Å². The zero-order valence-corrected chi connectivity index (χ0v) is 13.0. The van der Waals surface area contributed by atoms with Crippen molar-refractivity contribution in [1.29, 1.82) is 0 Å². The van der Waals surface area contributed by atoms with Crippen molar-refractivity contribution in [2.45, 2.75) is 58.3 Å². The number of methoxy groups -OCH3 is 1. The Hall–Kier alpha value is -1.30. The van der Waals surface area contributed by atoms with Crippen molar-refractivity contribution in [2.24, 2.45) is 11.7 Å². The summed E-state index contributed by atoms with van der Waals surface area (Å²) in [6, 6.07) is -0.169. The van der Waals surface area contributed by atoms with Gasteiger partial charge < -0.3 is 20.1 Å². The molecule has 1 fully saturated rings. The van der Waals surface area contributed by atoms with Gasteiger partial charge in [0.25, 0.3) is 0 Å². The van der Waals surface area contributed by atoms with Gasteiger partial charge in [-0.1, -0.05) is 6.92 Å². The van der Waals surface area contributed by atoms with Crippen molar-refractivity contribution in [1.82, 2.24) is 4.90 Å². The first kappa shape index (κ1) is 16.8. The first-order valence-electron chi connectivity index (χ1n) is 6.99. The SMILES string of the molecule is CO[C@H]([C@@H](C)C(N)=O)[C@@H]1CCCN1C(=O)OC(C)(C)C. The van der Waals surface area contributed by atoms with Crippen molar-refractivity contribution in [2.75, 3.05) is 13.7 Å². The predicted octanol–water partition coefficient (Wildman–Crippen LogP) is 1.52. The number of amides is 2. The van der Waals surface area contributed by atoms with Crippen LogP contribution in [-0.2, 0) is 14.3 Å². The quantitative estimate of drug-likeness (QED) is 0.849. The molecule has 0 radical (unpaired) electrons. The molecule has 1 aliphatic heterocycles. The Morgan fingerprint density at radius 2 is 1.95 bits per heavy atom. The van der Waals surface area contributed by atoms with Crippen LogP contribution in [0.5, 0.6) is 0 Å². The van der Waals surface area contributed by atoms with Crippen LogP contribution < -0.4 is 5.73 Å². The molecule has 1 aliphatic rings. The van der Waals surface area contributed by atoms with Crippen LogP contribution in [0.1, 0.15) is 40.5 Å². The fourth-order valence-electron chi connectivity index (χ4n) is 2.54. The van der Waals surface area contributed by atoms with E-state index in [9.17, 15) is 9.59 Å². The first-order chi connectivity index (χ1) is 9.17. The maximum atomic E-state index is 12.2. The van der Waals surface area contributed by atoms with Gasteiger partial charge in [0.15, 0.2) is 0 Å². The van der Waals surface area contributed by atoms with E-state index in [0.717, 1.165) is 12.8 Å². The second kappa shape index (κ2) is 6.43. The monoisotopic (exact) mass is 286 g/mol. The van der Waals surface area contributed by atoms with Crippen LogP contribution >= 0.6 is 0 Å². The largest absolute Gasteiger partial charge is 0.444 e. The molecule has 0 bridgehead atoms. The summed E-state index contributed by atoms with van der Waals surface area (Å²) < 4.78 is 10.8. The molecular weight excluding hydrogens is 260 g/mol. The van der Waals surface area contributed by atoms with Crippen LogP contribution in [-0.4, -0.2) is 48.3 Å². The van der Waals surface area contributed by atoms with Gasteiger partial charge in [0, 0.05) is 13.7 Å². The molecule has 2 amide bonds. The van der Waals surface area contributed by atoms with E-state index >= 15 is 0 Å². The van der Waals surface area contributed by atoms with E-state index < -0.39 is 23.5 Å². The summed E-state index contributed by atoms with van der Waals surface area (Å²) in [5, 5.41) is 0. The molecule has 2 N–H and O–H groups in total. The van der Waals surface area contributed by atoms with Crippen LogP contribution in [0.3, 0.4) is 0 Å². The maximum absolute atomic E-state index is 12.2. The Labute approximate surface area is 120 Å². The predicted molar refractivity (Wildman–Crippen MR) is 75.1 cm³/mol. The second-order valence-corrected chi connectivity index (χ2v) is 6.27. The minimum Gasteiger partial charge on any atom is -0.444 e. The number of ether oxygens (including phenoxy) is 2. The lowest BCUT2D eigenvalue weighted by Gasteiger charge is -2.34. The second-order valence-electron chi connectivity index (χ2n) is 6.27.